The fourth-order valence-corrected chi connectivity index (χ4v) is 3.84. The molecular formula is C22H40N2O5. The summed E-state index contributed by atoms with van der Waals surface area (Å²) in [6.07, 6.45) is 2.49. The van der Waals surface area contributed by atoms with E-state index in [0.29, 0.717) is 18.9 Å². The van der Waals surface area contributed by atoms with E-state index in [2.05, 4.69) is 6.58 Å². The molecule has 4 N–H and O–H groups in total. The Kier molecular flexibility index (Phi) is 9.62. The molecule has 1 aliphatic rings. The Hall–Kier alpha value is -1.60. The van der Waals surface area contributed by atoms with Crippen LogP contribution in [0.3, 0.4) is 0 Å². The summed E-state index contributed by atoms with van der Waals surface area (Å²) in [4.78, 5) is 26.0. The smallest absolute Gasteiger partial charge is 0.410 e. The zero-order chi connectivity index (χ0) is 22.4. The van der Waals surface area contributed by atoms with Crippen LogP contribution in [0.2, 0.25) is 0 Å². The van der Waals surface area contributed by atoms with E-state index in [1.54, 1.807) is 20.8 Å². The van der Waals surface area contributed by atoms with Gasteiger partial charge in [-0.3, -0.25) is 4.79 Å². The molecule has 0 aromatic carbocycles. The molecule has 0 aromatic rings. The van der Waals surface area contributed by atoms with Gasteiger partial charge in [0.2, 0.25) is 5.91 Å². The number of nitrogens with two attached hydrogens (primary N) is 1. The lowest BCUT2D eigenvalue weighted by atomic mass is 9.82. The normalized spacial score (nSPS) is 18.8. The van der Waals surface area contributed by atoms with E-state index in [9.17, 15) is 19.8 Å². The largest absolute Gasteiger partial charge is 0.444 e. The van der Waals surface area contributed by atoms with E-state index in [1.807, 2.05) is 13.8 Å². The van der Waals surface area contributed by atoms with Crippen molar-refractivity contribution in [1.82, 2.24) is 4.90 Å². The third-order valence-corrected chi connectivity index (χ3v) is 5.28. The van der Waals surface area contributed by atoms with Crippen LogP contribution < -0.4 is 5.73 Å². The van der Waals surface area contributed by atoms with Crippen molar-refractivity contribution in [1.29, 1.82) is 0 Å². The van der Waals surface area contributed by atoms with Crippen LogP contribution in [0.5, 0.6) is 0 Å². The number of aliphatic hydroxyl groups is 2. The summed E-state index contributed by atoms with van der Waals surface area (Å²) in [5.74, 6) is -0.421. The second kappa shape index (κ2) is 11.0. The second-order valence-electron chi connectivity index (χ2n) is 9.66. The number of nitrogens with zero attached hydrogens (tertiary/aromatic N) is 1. The molecule has 1 rings (SSSR count). The number of hydrogen-bond acceptors (Lipinski definition) is 5. The summed E-state index contributed by atoms with van der Waals surface area (Å²) in [5, 5.41) is 21.5. The number of hydrogen-bond donors (Lipinski definition) is 3. The summed E-state index contributed by atoms with van der Waals surface area (Å²) >= 11 is 0. The number of ether oxygens (including phenoxy) is 1. The Morgan fingerprint density at radius 1 is 1.17 bits per heavy atom. The first-order valence-corrected chi connectivity index (χ1v) is 10.7. The minimum absolute atomic E-state index is 0.125. The number of aliphatic hydroxyl groups excluding tert-OH is 2. The Morgan fingerprint density at radius 3 is 2.17 bits per heavy atom. The van der Waals surface area contributed by atoms with E-state index >= 15 is 0 Å². The molecule has 1 saturated carbocycles. The van der Waals surface area contributed by atoms with Crippen LogP contribution in [-0.2, 0) is 9.53 Å². The first-order valence-electron chi connectivity index (χ1n) is 10.7. The molecule has 0 spiro atoms. The third kappa shape index (κ3) is 8.34. The van der Waals surface area contributed by atoms with Crippen LogP contribution in [0.1, 0.15) is 73.1 Å². The number of carbonyl (C=O) groups is 2. The average molecular weight is 413 g/mol. The van der Waals surface area contributed by atoms with E-state index in [0.717, 1.165) is 25.7 Å². The lowest BCUT2D eigenvalue weighted by molar-refractivity contribution is -0.117. The van der Waals surface area contributed by atoms with Gasteiger partial charge in [0, 0.05) is 12.1 Å². The van der Waals surface area contributed by atoms with Crippen LogP contribution in [-0.4, -0.2) is 57.5 Å². The van der Waals surface area contributed by atoms with Crippen LogP contribution in [0.15, 0.2) is 12.2 Å². The molecule has 0 aliphatic heterocycles. The van der Waals surface area contributed by atoms with Crippen molar-refractivity contribution in [3.63, 3.8) is 0 Å². The van der Waals surface area contributed by atoms with Gasteiger partial charge in [-0.05, 0) is 39.0 Å². The summed E-state index contributed by atoms with van der Waals surface area (Å²) in [5.41, 5.74) is 4.29. The molecule has 0 bridgehead atoms. The quantitative estimate of drug-likeness (QED) is 0.504. The molecule has 0 unspecified atom stereocenters. The zero-order valence-electron chi connectivity index (χ0n) is 18.7. The van der Waals surface area contributed by atoms with Gasteiger partial charge < -0.3 is 25.6 Å². The third-order valence-electron chi connectivity index (χ3n) is 5.28. The maximum atomic E-state index is 13.0. The number of amides is 2. The van der Waals surface area contributed by atoms with Crippen LogP contribution in [0.25, 0.3) is 0 Å². The highest BCUT2D eigenvalue weighted by atomic mass is 16.6. The highest BCUT2D eigenvalue weighted by Crippen LogP contribution is 2.31. The first-order chi connectivity index (χ1) is 13.3. The monoisotopic (exact) mass is 412 g/mol. The highest BCUT2D eigenvalue weighted by molar-refractivity contribution is 5.92. The Bertz CT molecular complexity index is 564. The van der Waals surface area contributed by atoms with Crippen molar-refractivity contribution in [2.75, 3.05) is 6.54 Å². The second-order valence-corrected chi connectivity index (χ2v) is 9.66. The SMILES string of the molecule is C=C(C(N)=O)[C@H](O)[C@@H](O)[C@H](CC1CCCCC1)N(CC(C)C)C(=O)OC(C)(C)C. The van der Waals surface area contributed by atoms with Crippen molar-refractivity contribution < 1.29 is 24.5 Å². The molecule has 0 aromatic heterocycles. The predicted molar refractivity (Wildman–Crippen MR) is 113 cm³/mol. The minimum Gasteiger partial charge on any atom is -0.444 e. The lowest BCUT2D eigenvalue weighted by Gasteiger charge is -2.40. The van der Waals surface area contributed by atoms with E-state index in [4.69, 9.17) is 10.5 Å². The fourth-order valence-electron chi connectivity index (χ4n) is 3.84. The lowest BCUT2D eigenvalue weighted by Crippen LogP contribution is -2.55. The fraction of sp³-hybridized carbons (Fsp3) is 0.818. The summed E-state index contributed by atoms with van der Waals surface area (Å²) in [7, 11) is 0. The van der Waals surface area contributed by atoms with Gasteiger partial charge in [-0.25, -0.2) is 4.79 Å². The van der Waals surface area contributed by atoms with E-state index in [1.165, 1.54) is 11.3 Å². The number of carbonyl (C=O) groups excluding carboxylic acids is 2. The summed E-state index contributed by atoms with van der Waals surface area (Å²) < 4.78 is 5.59. The topological polar surface area (TPSA) is 113 Å². The highest BCUT2D eigenvalue weighted by Gasteiger charge is 2.39. The number of rotatable bonds is 9. The van der Waals surface area contributed by atoms with Crippen molar-refractivity contribution >= 4 is 12.0 Å². The number of primary amides is 1. The molecule has 7 heteroatoms. The molecule has 3 atom stereocenters. The molecule has 0 saturated heterocycles. The van der Waals surface area contributed by atoms with Crippen molar-refractivity contribution in [3.8, 4) is 0 Å². The molecule has 1 fully saturated rings. The van der Waals surface area contributed by atoms with Gasteiger partial charge >= 0.3 is 6.09 Å². The van der Waals surface area contributed by atoms with E-state index in [-0.39, 0.29) is 11.5 Å². The molecule has 29 heavy (non-hydrogen) atoms. The maximum absolute atomic E-state index is 13.0. The summed E-state index contributed by atoms with van der Waals surface area (Å²) in [6.45, 7) is 13.2. The maximum Gasteiger partial charge on any atom is 0.410 e. The van der Waals surface area contributed by atoms with Crippen molar-refractivity contribution in [2.24, 2.45) is 17.6 Å². The Labute approximate surface area is 175 Å². The first kappa shape index (κ1) is 25.4. The van der Waals surface area contributed by atoms with Crippen LogP contribution in [0, 0.1) is 11.8 Å². The predicted octanol–water partition coefficient (Wildman–Crippen LogP) is 2.98. The molecule has 7 nitrogen and oxygen atoms in total. The molecule has 168 valence electrons. The van der Waals surface area contributed by atoms with Crippen molar-refractivity contribution in [3.05, 3.63) is 12.2 Å². The zero-order valence-corrected chi connectivity index (χ0v) is 18.7. The van der Waals surface area contributed by atoms with Crippen LogP contribution in [0.4, 0.5) is 4.79 Å². The van der Waals surface area contributed by atoms with Gasteiger partial charge in [0.1, 0.15) is 17.8 Å². The van der Waals surface area contributed by atoms with Gasteiger partial charge in [-0.1, -0.05) is 52.5 Å². The van der Waals surface area contributed by atoms with Crippen molar-refractivity contribution in [2.45, 2.75) is 97.0 Å². The Balaban J connectivity index is 3.21. The molecule has 1 aliphatic carbocycles. The van der Waals surface area contributed by atoms with Gasteiger partial charge in [0.05, 0.1) is 6.04 Å². The minimum atomic E-state index is -1.54. The molecule has 0 radical (unpaired) electrons. The summed E-state index contributed by atoms with van der Waals surface area (Å²) in [6, 6.07) is -0.707. The Morgan fingerprint density at radius 2 is 1.72 bits per heavy atom. The molecule has 0 heterocycles. The van der Waals surface area contributed by atoms with Gasteiger partial charge in [-0.2, -0.15) is 0 Å². The molecular weight excluding hydrogens is 372 g/mol. The van der Waals surface area contributed by atoms with Gasteiger partial charge in [0.25, 0.3) is 0 Å². The van der Waals surface area contributed by atoms with Gasteiger partial charge in [0.15, 0.2) is 0 Å². The van der Waals surface area contributed by atoms with E-state index < -0.39 is 35.9 Å². The van der Waals surface area contributed by atoms with Crippen LogP contribution >= 0.6 is 0 Å². The van der Waals surface area contributed by atoms with Gasteiger partial charge in [-0.15, -0.1) is 0 Å². The molecule has 2 amide bonds. The average Bonchev–Trinajstić information content (AvgIpc) is 2.61. The standard InChI is InChI=1S/C22H40N2O5/c1-14(2)13-24(21(28)29-22(4,5)6)17(12-16-10-8-7-9-11-16)19(26)18(25)15(3)20(23)27/h14,16-19,25-26H,3,7-13H2,1-2,4-6H3,(H2,23,27)/t17-,18-,19-/m0/s1.